The molecule has 0 spiro atoms. The number of ether oxygens (including phenoxy) is 1. The normalized spacial score (nSPS) is 12.2. The molecule has 0 aromatic rings. The topological polar surface area (TPSA) is 43.4 Å². The molecular weight excluding hydrogens is 204 g/mol. The molecule has 0 aromatic carbocycles. The van der Waals surface area contributed by atoms with Crippen molar-refractivity contribution in [2.75, 3.05) is 7.11 Å². The monoisotopic (exact) mass is 228 g/mol. The lowest BCUT2D eigenvalue weighted by Gasteiger charge is -2.07. The lowest BCUT2D eigenvalue weighted by molar-refractivity contribution is -0.145. The molecule has 3 nitrogen and oxygen atoms in total. The number of methoxy groups -OCH3 is 1. The molecule has 0 aliphatic carbocycles. The van der Waals surface area contributed by atoms with E-state index in [1.165, 1.54) is 20.0 Å². The van der Waals surface area contributed by atoms with Crippen LogP contribution in [-0.2, 0) is 14.3 Å². The average Bonchev–Trinajstić information content (AvgIpc) is 2.30. The van der Waals surface area contributed by atoms with Gasteiger partial charge < -0.3 is 4.74 Å². The predicted molar refractivity (Wildman–Crippen MR) is 64.2 cm³/mol. The number of rotatable bonds is 9. The minimum atomic E-state index is -0.223. The van der Waals surface area contributed by atoms with Gasteiger partial charge in [0, 0.05) is 12.8 Å². The molecule has 0 fully saturated rings. The molecule has 16 heavy (non-hydrogen) atoms. The van der Waals surface area contributed by atoms with Crippen LogP contribution in [0.1, 0.15) is 58.8 Å². The van der Waals surface area contributed by atoms with Gasteiger partial charge in [-0.25, -0.2) is 0 Å². The fourth-order valence-corrected chi connectivity index (χ4v) is 1.57. The SMILES string of the molecule is CCCCCCC(=O)CC[C@H](C)C(=O)OC. The maximum absolute atomic E-state index is 11.5. The molecule has 0 rings (SSSR count). The first kappa shape index (κ1) is 15.1. The van der Waals surface area contributed by atoms with Gasteiger partial charge in [0.15, 0.2) is 0 Å². The zero-order valence-electron chi connectivity index (χ0n) is 10.8. The molecule has 0 bridgehead atoms. The first-order chi connectivity index (χ1) is 7.61. The molecule has 0 heterocycles. The van der Waals surface area contributed by atoms with E-state index in [0.717, 1.165) is 12.8 Å². The van der Waals surface area contributed by atoms with Crippen molar-refractivity contribution in [1.82, 2.24) is 0 Å². The molecule has 0 saturated carbocycles. The summed E-state index contributed by atoms with van der Waals surface area (Å²) in [5.41, 5.74) is 0. The average molecular weight is 228 g/mol. The van der Waals surface area contributed by atoms with Crippen molar-refractivity contribution in [3.8, 4) is 0 Å². The van der Waals surface area contributed by atoms with Crippen molar-refractivity contribution in [2.45, 2.75) is 58.8 Å². The van der Waals surface area contributed by atoms with Crippen LogP contribution in [0.3, 0.4) is 0 Å². The first-order valence-corrected chi connectivity index (χ1v) is 6.21. The molecule has 3 heteroatoms. The maximum atomic E-state index is 11.5. The summed E-state index contributed by atoms with van der Waals surface area (Å²) in [7, 11) is 1.38. The Morgan fingerprint density at radius 1 is 1.12 bits per heavy atom. The summed E-state index contributed by atoms with van der Waals surface area (Å²) < 4.78 is 4.61. The van der Waals surface area contributed by atoms with Crippen molar-refractivity contribution in [1.29, 1.82) is 0 Å². The van der Waals surface area contributed by atoms with E-state index >= 15 is 0 Å². The number of carbonyl (C=O) groups excluding carboxylic acids is 2. The molecule has 1 atom stereocenters. The summed E-state index contributed by atoms with van der Waals surface area (Å²) in [5.74, 6) is -0.116. The van der Waals surface area contributed by atoms with E-state index in [0.29, 0.717) is 19.3 Å². The van der Waals surface area contributed by atoms with Crippen LogP contribution in [0.2, 0.25) is 0 Å². The highest BCUT2D eigenvalue weighted by Crippen LogP contribution is 2.11. The zero-order valence-corrected chi connectivity index (χ0v) is 10.8. The summed E-state index contributed by atoms with van der Waals surface area (Å²) in [5, 5.41) is 0. The highest BCUT2D eigenvalue weighted by Gasteiger charge is 2.14. The Morgan fingerprint density at radius 3 is 2.38 bits per heavy atom. The number of hydrogen-bond donors (Lipinski definition) is 0. The molecule has 0 amide bonds. The lowest BCUT2D eigenvalue weighted by Crippen LogP contribution is -2.14. The Bertz CT molecular complexity index is 211. The van der Waals surface area contributed by atoms with E-state index in [1.54, 1.807) is 6.92 Å². The van der Waals surface area contributed by atoms with Gasteiger partial charge >= 0.3 is 5.97 Å². The fourth-order valence-electron chi connectivity index (χ4n) is 1.57. The van der Waals surface area contributed by atoms with Crippen molar-refractivity contribution in [3.63, 3.8) is 0 Å². The summed E-state index contributed by atoms with van der Waals surface area (Å²) in [6.45, 7) is 3.95. The van der Waals surface area contributed by atoms with Crippen LogP contribution < -0.4 is 0 Å². The largest absolute Gasteiger partial charge is 0.469 e. The Kier molecular flexibility index (Phi) is 8.87. The molecule has 0 radical (unpaired) electrons. The Labute approximate surface area is 98.6 Å². The summed E-state index contributed by atoms with van der Waals surface area (Å²) in [6.07, 6.45) is 6.28. The van der Waals surface area contributed by atoms with Crippen LogP contribution in [0.25, 0.3) is 0 Å². The van der Waals surface area contributed by atoms with Crippen LogP contribution in [0.5, 0.6) is 0 Å². The van der Waals surface area contributed by atoms with Gasteiger partial charge in [-0.1, -0.05) is 33.1 Å². The molecule has 0 unspecified atom stereocenters. The van der Waals surface area contributed by atoms with E-state index in [-0.39, 0.29) is 17.7 Å². The second-order valence-corrected chi connectivity index (χ2v) is 4.31. The van der Waals surface area contributed by atoms with Crippen molar-refractivity contribution < 1.29 is 14.3 Å². The Balaban J connectivity index is 3.53. The molecular formula is C13H24O3. The molecule has 0 aromatic heterocycles. The predicted octanol–water partition coefficient (Wildman–Crippen LogP) is 3.12. The zero-order chi connectivity index (χ0) is 12.4. The summed E-state index contributed by atoms with van der Waals surface area (Å²) in [4.78, 5) is 22.6. The number of carbonyl (C=O) groups is 2. The van der Waals surface area contributed by atoms with Crippen molar-refractivity contribution >= 4 is 11.8 Å². The van der Waals surface area contributed by atoms with E-state index < -0.39 is 0 Å². The minimum Gasteiger partial charge on any atom is -0.469 e. The first-order valence-electron chi connectivity index (χ1n) is 6.21. The van der Waals surface area contributed by atoms with E-state index in [1.807, 2.05) is 0 Å². The van der Waals surface area contributed by atoms with Gasteiger partial charge in [0.2, 0.25) is 0 Å². The van der Waals surface area contributed by atoms with Gasteiger partial charge in [-0.15, -0.1) is 0 Å². The minimum absolute atomic E-state index is 0.162. The molecule has 0 aliphatic rings. The van der Waals surface area contributed by atoms with E-state index in [4.69, 9.17) is 0 Å². The molecule has 94 valence electrons. The Morgan fingerprint density at radius 2 is 1.81 bits per heavy atom. The van der Waals surface area contributed by atoms with Crippen molar-refractivity contribution in [2.24, 2.45) is 5.92 Å². The second-order valence-electron chi connectivity index (χ2n) is 4.31. The van der Waals surface area contributed by atoms with E-state index in [9.17, 15) is 9.59 Å². The van der Waals surface area contributed by atoms with Gasteiger partial charge in [0.05, 0.1) is 13.0 Å². The van der Waals surface area contributed by atoms with Gasteiger partial charge in [-0.3, -0.25) is 9.59 Å². The smallest absolute Gasteiger partial charge is 0.308 e. The Hall–Kier alpha value is -0.860. The third-order valence-electron chi connectivity index (χ3n) is 2.77. The number of unbranched alkanes of at least 4 members (excludes halogenated alkanes) is 3. The maximum Gasteiger partial charge on any atom is 0.308 e. The number of esters is 1. The van der Waals surface area contributed by atoms with Gasteiger partial charge in [0.1, 0.15) is 5.78 Å². The third kappa shape index (κ3) is 7.43. The van der Waals surface area contributed by atoms with Crippen LogP contribution >= 0.6 is 0 Å². The number of hydrogen-bond acceptors (Lipinski definition) is 3. The summed E-state index contributed by atoms with van der Waals surface area (Å²) in [6, 6.07) is 0. The highest BCUT2D eigenvalue weighted by molar-refractivity contribution is 5.79. The van der Waals surface area contributed by atoms with E-state index in [2.05, 4.69) is 11.7 Å². The highest BCUT2D eigenvalue weighted by atomic mass is 16.5. The van der Waals surface area contributed by atoms with Gasteiger partial charge in [0.25, 0.3) is 0 Å². The number of Topliss-reactive ketones (excluding diaryl/α,β-unsaturated/α-hetero) is 1. The molecule has 0 aliphatic heterocycles. The van der Waals surface area contributed by atoms with Crippen molar-refractivity contribution in [3.05, 3.63) is 0 Å². The molecule has 0 saturated heterocycles. The van der Waals surface area contributed by atoms with Crippen LogP contribution in [0.4, 0.5) is 0 Å². The standard InChI is InChI=1S/C13H24O3/c1-4-5-6-7-8-12(14)10-9-11(2)13(15)16-3/h11H,4-10H2,1-3H3/t11-/m0/s1. The fraction of sp³-hybridized carbons (Fsp3) is 0.846. The third-order valence-corrected chi connectivity index (χ3v) is 2.77. The van der Waals surface area contributed by atoms with Gasteiger partial charge in [-0.2, -0.15) is 0 Å². The second kappa shape index (κ2) is 9.37. The van der Waals surface area contributed by atoms with Crippen LogP contribution in [0.15, 0.2) is 0 Å². The number of ketones is 1. The summed E-state index contributed by atoms with van der Waals surface area (Å²) >= 11 is 0. The van der Waals surface area contributed by atoms with Crippen LogP contribution in [0, 0.1) is 5.92 Å². The quantitative estimate of drug-likeness (QED) is 0.450. The van der Waals surface area contributed by atoms with Gasteiger partial charge in [-0.05, 0) is 12.8 Å². The molecule has 0 N–H and O–H groups in total. The van der Waals surface area contributed by atoms with Crippen LogP contribution in [-0.4, -0.2) is 18.9 Å². The lowest BCUT2D eigenvalue weighted by atomic mass is 10.0.